The second kappa shape index (κ2) is 10.7. The number of sulfonamides is 1. The highest BCUT2D eigenvalue weighted by Gasteiger charge is 2.36. The number of ether oxygens (including phenoxy) is 1. The first-order chi connectivity index (χ1) is 18.3. The number of hydrogen-bond acceptors (Lipinski definition) is 7. The van der Waals surface area contributed by atoms with E-state index in [-0.39, 0.29) is 38.4 Å². The molecule has 1 saturated heterocycles. The van der Waals surface area contributed by atoms with Gasteiger partial charge >= 0.3 is 0 Å². The quantitative estimate of drug-likeness (QED) is 0.329. The number of fused-ring (bicyclic) bond motifs is 1. The van der Waals surface area contributed by atoms with Crippen molar-refractivity contribution in [3.8, 4) is 5.75 Å². The summed E-state index contributed by atoms with van der Waals surface area (Å²) in [5.74, 6) is -1.97. The van der Waals surface area contributed by atoms with E-state index in [1.807, 2.05) is 24.3 Å². The Morgan fingerprint density at radius 1 is 1.13 bits per heavy atom. The number of nitrogens with zero attached hydrogens (tertiary/aromatic N) is 4. The van der Waals surface area contributed by atoms with Crippen LogP contribution in [0.5, 0.6) is 5.75 Å². The zero-order valence-corrected chi connectivity index (χ0v) is 22.0. The lowest BCUT2D eigenvalue weighted by Gasteiger charge is -2.33. The van der Waals surface area contributed by atoms with Gasteiger partial charge < -0.3 is 4.74 Å². The second-order valence-electron chi connectivity index (χ2n) is 8.83. The molecule has 5 rings (SSSR count). The Morgan fingerprint density at radius 2 is 1.92 bits per heavy atom. The van der Waals surface area contributed by atoms with Crippen LogP contribution in [0.15, 0.2) is 65.7 Å². The highest BCUT2D eigenvalue weighted by molar-refractivity contribution is 7.89. The van der Waals surface area contributed by atoms with Gasteiger partial charge in [0.25, 0.3) is 0 Å². The molecule has 3 heterocycles. The van der Waals surface area contributed by atoms with Crippen molar-refractivity contribution in [1.29, 1.82) is 0 Å². The van der Waals surface area contributed by atoms with Crippen molar-refractivity contribution in [2.75, 3.05) is 25.1 Å². The van der Waals surface area contributed by atoms with E-state index < -0.39 is 32.5 Å². The lowest BCUT2D eigenvalue weighted by Crippen LogP contribution is -2.44. The number of carbonyl (C=O) groups is 1. The van der Waals surface area contributed by atoms with E-state index in [1.165, 1.54) is 11.3 Å². The van der Waals surface area contributed by atoms with E-state index in [9.17, 15) is 22.0 Å². The fourth-order valence-corrected chi connectivity index (χ4v) is 6.93. The first kappa shape index (κ1) is 26.1. The minimum Gasteiger partial charge on any atom is -0.497 e. The van der Waals surface area contributed by atoms with E-state index in [2.05, 4.69) is 9.97 Å². The van der Waals surface area contributed by atoms with E-state index in [4.69, 9.17) is 4.74 Å². The van der Waals surface area contributed by atoms with Gasteiger partial charge in [0.05, 0.1) is 29.6 Å². The van der Waals surface area contributed by atoms with E-state index in [0.29, 0.717) is 22.6 Å². The first-order valence-corrected chi connectivity index (χ1v) is 14.1. The summed E-state index contributed by atoms with van der Waals surface area (Å²) in [6, 6.07) is 13.3. The van der Waals surface area contributed by atoms with Gasteiger partial charge in [0.15, 0.2) is 5.13 Å². The zero-order chi connectivity index (χ0) is 26.9. The van der Waals surface area contributed by atoms with Crippen molar-refractivity contribution >= 4 is 42.6 Å². The van der Waals surface area contributed by atoms with Crippen LogP contribution in [0, 0.1) is 17.6 Å². The molecule has 0 spiro atoms. The van der Waals surface area contributed by atoms with Gasteiger partial charge in [-0.2, -0.15) is 4.31 Å². The van der Waals surface area contributed by atoms with Crippen molar-refractivity contribution < 1.29 is 26.7 Å². The molecule has 1 aliphatic heterocycles. The molecule has 4 aromatic rings. The van der Waals surface area contributed by atoms with Gasteiger partial charge in [0.1, 0.15) is 22.3 Å². The number of thiazole rings is 1. The molecular weight excluding hydrogens is 534 g/mol. The third-order valence-electron chi connectivity index (χ3n) is 6.44. The summed E-state index contributed by atoms with van der Waals surface area (Å²) in [5, 5.41) is 0.507. The summed E-state index contributed by atoms with van der Waals surface area (Å²) in [7, 11) is -2.59. The Morgan fingerprint density at radius 3 is 2.61 bits per heavy atom. The highest BCUT2D eigenvalue weighted by Crippen LogP contribution is 2.34. The van der Waals surface area contributed by atoms with Crippen molar-refractivity contribution in [2.45, 2.75) is 24.3 Å². The number of benzene rings is 2. The predicted octanol–water partition coefficient (Wildman–Crippen LogP) is 4.61. The normalized spacial score (nSPS) is 15.0. The summed E-state index contributed by atoms with van der Waals surface area (Å²) >= 11 is 1.36. The maximum atomic E-state index is 14.2. The van der Waals surface area contributed by atoms with Crippen molar-refractivity contribution in [3.63, 3.8) is 0 Å². The molecule has 12 heteroatoms. The van der Waals surface area contributed by atoms with E-state index in [0.717, 1.165) is 26.7 Å². The van der Waals surface area contributed by atoms with Gasteiger partial charge in [-0.3, -0.25) is 14.7 Å². The molecule has 8 nitrogen and oxygen atoms in total. The number of methoxy groups -OCH3 is 1. The first-order valence-electron chi connectivity index (χ1n) is 11.9. The average Bonchev–Trinajstić information content (AvgIpc) is 3.35. The van der Waals surface area contributed by atoms with Gasteiger partial charge in [-0.15, -0.1) is 0 Å². The molecule has 0 unspecified atom stereocenters. The van der Waals surface area contributed by atoms with Crippen LogP contribution in [-0.2, 0) is 21.4 Å². The number of aromatic nitrogens is 2. The molecule has 38 heavy (non-hydrogen) atoms. The van der Waals surface area contributed by atoms with Crippen LogP contribution >= 0.6 is 11.3 Å². The van der Waals surface area contributed by atoms with Gasteiger partial charge in [-0.25, -0.2) is 22.2 Å². The van der Waals surface area contributed by atoms with Crippen LogP contribution in [0.4, 0.5) is 13.9 Å². The molecule has 1 amide bonds. The molecule has 2 aromatic carbocycles. The molecule has 0 aliphatic carbocycles. The Hall–Kier alpha value is -3.48. The highest BCUT2D eigenvalue weighted by atomic mass is 32.2. The third kappa shape index (κ3) is 5.24. The minimum absolute atomic E-state index is 0.0318. The van der Waals surface area contributed by atoms with Gasteiger partial charge in [-0.1, -0.05) is 17.4 Å². The van der Waals surface area contributed by atoms with Crippen LogP contribution in [0.3, 0.4) is 0 Å². The Labute approximate surface area is 222 Å². The molecule has 1 fully saturated rings. The Bertz CT molecular complexity index is 1570. The monoisotopic (exact) mass is 558 g/mol. The van der Waals surface area contributed by atoms with Crippen LogP contribution in [0.2, 0.25) is 0 Å². The van der Waals surface area contributed by atoms with Crippen molar-refractivity contribution in [3.05, 3.63) is 78.1 Å². The minimum atomic E-state index is -4.17. The van der Waals surface area contributed by atoms with E-state index in [1.54, 1.807) is 30.3 Å². The number of anilines is 1. The molecule has 0 atom stereocenters. The largest absolute Gasteiger partial charge is 0.497 e. The summed E-state index contributed by atoms with van der Waals surface area (Å²) in [4.78, 5) is 23.8. The summed E-state index contributed by atoms with van der Waals surface area (Å²) in [6.45, 7) is 0.268. The Kier molecular flexibility index (Phi) is 7.37. The molecule has 198 valence electrons. The third-order valence-corrected chi connectivity index (χ3v) is 9.42. The molecule has 0 saturated carbocycles. The second-order valence-corrected chi connectivity index (χ2v) is 11.7. The van der Waals surface area contributed by atoms with Gasteiger partial charge in [0.2, 0.25) is 15.9 Å². The van der Waals surface area contributed by atoms with E-state index >= 15 is 0 Å². The van der Waals surface area contributed by atoms with Crippen molar-refractivity contribution in [2.24, 2.45) is 5.92 Å². The topological polar surface area (TPSA) is 92.7 Å². The molecule has 0 radical (unpaired) electrons. The SMILES string of the molecule is COc1ccc2nc(N(Cc3ccccn3)C(=O)C3CCN(S(=O)(=O)c4ccc(F)cc4F)CC3)sc2c1. The Balaban J connectivity index is 1.38. The lowest BCUT2D eigenvalue weighted by molar-refractivity contribution is -0.123. The fourth-order valence-electron chi connectivity index (χ4n) is 4.42. The summed E-state index contributed by atoms with van der Waals surface area (Å²) in [6.07, 6.45) is 2.15. The number of halogens is 2. The smallest absolute Gasteiger partial charge is 0.245 e. The number of amides is 1. The van der Waals surface area contributed by atoms with Crippen LogP contribution in [-0.4, -0.2) is 48.8 Å². The number of hydrogen-bond donors (Lipinski definition) is 0. The average molecular weight is 559 g/mol. The van der Waals surface area contributed by atoms with Gasteiger partial charge in [0, 0.05) is 31.3 Å². The molecule has 2 aromatic heterocycles. The summed E-state index contributed by atoms with van der Waals surface area (Å²) < 4.78 is 60.8. The number of carbonyl (C=O) groups excluding carboxylic acids is 1. The maximum absolute atomic E-state index is 14.2. The number of rotatable bonds is 7. The predicted molar refractivity (Wildman–Crippen MR) is 139 cm³/mol. The van der Waals surface area contributed by atoms with Gasteiger partial charge in [-0.05, 0) is 55.3 Å². The number of pyridine rings is 1. The number of piperidine rings is 1. The maximum Gasteiger partial charge on any atom is 0.245 e. The summed E-state index contributed by atoms with van der Waals surface area (Å²) in [5.41, 5.74) is 1.41. The fraction of sp³-hybridized carbons (Fsp3) is 0.269. The molecule has 0 bridgehead atoms. The van der Waals surface area contributed by atoms with Crippen LogP contribution in [0.25, 0.3) is 10.2 Å². The molecular formula is C26H24F2N4O4S2. The zero-order valence-electron chi connectivity index (χ0n) is 20.4. The van der Waals surface area contributed by atoms with Crippen LogP contribution in [0.1, 0.15) is 18.5 Å². The van der Waals surface area contributed by atoms with Crippen molar-refractivity contribution in [1.82, 2.24) is 14.3 Å². The standard InChI is InChI=1S/C26H24F2N4O4S2/c1-36-20-6-7-22-23(15-20)37-26(30-22)32(16-19-4-2-3-11-29-19)25(33)17-9-12-31(13-10-17)38(34,35)24-8-5-18(27)14-21(24)28/h2-8,11,14-15,17H,9-10,12-13,16H2,1H3. The molecule has 0 N–H and O–H groups in total. The molecule has 1 aliphatic rings. The lowest BCUT2D eigenvalue weighted by atomic mass is 9.96. The van der Waals surface area contributed by atoms with Crippen LogP contribution < -0.4 is 9.64 Å².